The highest BCUT2D eigenvalue weighted by Gasteiger charge is 2.23. The lowest BCUT2D eigenvalue weighted by Crippen LogP contribution is -2.46. The minimum absolute atomic E-state index is 0.0538. The number of hydrogen-bond acceptors (Lipinski definition) is 3. The lowest BCUT2D eigenvalue weighted by Gasteiger charge is -2.36. The van der Waals surface area contributed by atoms with Gasteiger partial charge in [-0.15, -0.1) is 0 Å². The summed E-state index contributed by atoms with van der Waals surface area (Å²) in [5, 5.41) is 3.11. The van der Waals surface area contributed by atoms with Crippen LogP contribution in [0.15, 0.2) is 109 Å². The number of nitrogens with one attached hydrogen (secondary N) is 1. The normalized spacial score (nSPS) is 14.1. The molecule has 4 aromatic rings. The van der Waals surface area contributed by atoms with Gasteiger partial charge in [-0.25, -0.2) is 4.39 Å². The maximum Gasteiger partial charge on any atom is 0.236 e. The second-order valence-electron chi connectivity index (χ2n) is 9.15. The average molecular weight is 480 g/mol. The van der Waals surface area contributed by atoms with E-state index in [1.54, 1.807) is 6.07 Å². The van der Waals surface area contributed by atoms with Gasteiger partial charge in [-0.05, 0) is 41.5 Å². The van der Waals surface area contributed by atoms with Crippen molar-refractivity contribution in [2.24, 2.45) is 0 Å². The first-order chi connectivity index (χ1) is 17.7. The maximum absolute atomic E-state index is 14.0. The van der Waals surface area contributed by atoms with Crippen LogP contribution >= 0.6 is 0 Å². The Hall–Kier alpha value is -3.96. The summed E-state index contributed by atoms with van der Waals surface area (Å²) in [6, 6.07) is 34.8. The standard InChI is InChI=1S/C31H30FN3O/c32-29-14-8-7-13-26(29)23-34-19-21-35(22-20-34)28-17-15-27(16-18-28)33-31(36)30(24-9-3-1-4-10-24)25-11-5-2-6-12-25/h1-18,30H,19-23H2,(H,33,36). The second kappa shape index (κ2) is 11.2. The number of amides is 1. The van der Waals surface area contributed by atoms with Crippen LogP contribution in [-0.2, 0) is 11.3 Å². The zero-order chi connectivity index (χ0) is 24.7. The SMILES string of the molecule is O=C(Nc1ccc(N2CCN(Cc3ccccc3F)CC2)cc1)C(c1ccccc1)c1ccccc1. The number of rotatable bonds is 7. The number of piperazine rings is 1. The van der Waals surface area contributed by atoms with Gasteiger partial charge in [-0.2, -0.15) is 0 Å². The van der Waals surface area contributed by atoms with Crippen molar-refractivity contribution < 1.29 is 9.18 Å². The van der Waals surface area contributed by atoms with E-state index in [0.29, 0.717) is 6.54 Å². The monoisotopic (exact) mass is 479 g/mol. The van der Waals surface area contributed by atoms with Crippen molar-refractivity contribution in [2.75, 3.05) is 36.4 Å². The Kier molecular flexibility index (Phi) is 7.39. The van der Waals surface area contributed by atoms with E-state index in [1.807, 2.05) is 84.9 Å². The van der Waals surface area contributed by atoms with Crippen LogP contribution in [0.3, 0.4) is 0 Å². The minimum atomic E-state index is -0.380. The first kappa shape index (κ1) is 23.8. The van der Waals surface area contributed by atoms with Crippen molar-refractivity contribution >= 4 is 17.3 Å². The molecule has 0 atom stereocenters. The summed E-state index contributed by atoms with van der Waals surface area (Å²) < 4.78 is 14.0. The summed E-state index contributed by atoms with van der Waals surface area (Å²) in [6.07, 6.45) is 0. The van der Waals surface area contributed by atoms with Gasteiger partial charge in [0.1, 0.15) is 5.82 Å². The van der Waals surface area contributed by atoms with Crippen molar-refractivity contribution in [3.05, 3.63) is 132 Å². The Morgan fingerprint density at radius 3 is 1.86 bits per heavy atom. The first-order valence-corrected chi connectivity index (χ1v) is 12.4. The van der Waals surface area contributed by atoms with E-state index in [2.05, 4.69) is 27.2 Å². The molecule has 4 nitrogen and oxygen atoms in total. The Balaban J connectivity index is 1.21. The lowest BCUT2D eigenvalue weighted by atomic mass is 9.90. The van der Waals surface area contributed by atoms with Crippen LogP contribution in [0.1, 0.15) is 22.6 Å². The smallest absolute Gasteiger partial charge is 0.236 e. The molecule has 36 heavy (non-hydrogen) atoms. The van der Waals surface area contributed by atoms with Gasteiger partial charge in [-0.1, -0.05) is 78.9 Å². The summed E-state index contributed by atoms with van der Waals surface area (Å²) in [6.45, 7) is 4.15. The van der Waals surface area contributed by atoms with Crippen molar-refractivity contribution in [1.29, 1.82) is 0 Å². The summed E-state index contributed by atoms with van der Waals surface area (Å²) in [7, 11) is 0. The molecule has 0 aromatic heterocycles. The summed E-state index contributed by atoms with van der Waals surface area (Å²) in [4.78, 5) is 18.0. The number of carbonyl (C=O) groups excluding carboxylic acids is 1. The number of carbonyl (C=O) groups is 1. The van der Waals surface area contributed by atoms with Gasteiger partial charge in [0.05, 0.1) is 5.92 Å². The van der Waals surface area contributed by atoms with Gasteiger partial charge in [0.2, 0.25) is 5.91 Å². The molecule has 5 rings (SSSR count). The third kappa shape index (κ3) is 5.64. The highest BCUT2D eigenvalue weighted by atomic mass is 19.1. The van der Waals surface area contributed by atoms with E-state index >= 15 is 0 Å². The van der Waals surface area contributed by atoms with E-state index in [1.165, 1.54) is 6.07 Å². The molecular weight excluding hydrogens is 449 g/mol. The molecule has 0 unspecified atom stereocenters. The molecule has 1 aliphatic heterocycles. The van der Waals surface area contributed by atoms with Crippen molar-refractivity contribution in [2.45, 2.75) is 12.5 Å². The van der Waals surface area contributed by atoms with Gasteiger partial charge in [0.25, 0.3) is 0 Å². The molecule has 0 bridgehead atoms. The minimum Gasteiger partial charge on any atom is -0.369 e. The maximum atomic E-state index is 14.0. The average Bonchev–Trinajstić information content (AvgIpc) is 2.92. The summed E-state index contributed by atoms with van der Waals surface area (Å²) in [5.74, 6) is -0.573. The quantitative estimate of drug-likeness (QED) is 0.358. The number of anilines is 2. The molecule has 5 heteroatoms. The fraction of sp³-hybridized carbons (Fsp3) is 0.194. The molecule has 0 radical (unpaired) electrons. The molecule has 1 fully saturated rings. The van der Waals surface area contributed by atoms with Gasteiger partial charge in [0.15, 0.2) is 0 Å². The van der Waals surface area contributed by atoms with E-state index in [-0.39, 0.29) is 17.6 Å². The van der Waals surface area contributed by atoms with Gasteiger partial charge >= 0.3 is 0 Å². The Morgan fingerprint density at radius 2 is 1.28 bits per heavy atom. The van der Waals surface area contributed by atoms with Crippen molar-refractivity contribution in [3.8, 4) is 0 Å². The van der Waals surface area contributed by atoms with Gasteiger partial charge in [0, 0.05) is 49.7 Å². The summed E-state index contributed by atoms with van der Waals surface area (Å²) >= 11 is 0. The van der Waals surface area contributed by atoms with Crippen molar-refractivity contribution in [1.82, 2.24) is 4.90 Å². The van der Waals surface area contributed by atoms with Crippen LogP contribution < -0.4 is 10.2 Å². The van der Waals surface area contributed by atoms with E-state index < -0.39 is 0 Å². The lowest BCUT2D eigenvalue weighted by molar-refractivity contribution is -0.116. The predicted molar refractivity (Wildman–Crippen MR) is 144 cm³/mol. The zero-order valence-corrected chi connectivity index (χ0v) is 20.2. The van der Waals surface area contributed by atoms with E-state index in [9.17, 15) is 9.18 Å². The highest BCUT2D eigenvalue weighted by molar-refractivity contribution is 5.98. The number of benzene rings is 4. The Labute approximate surface area is 212 Å². The van der Waals surface area contributed by atoms with Crippen LogP contribution in [0.25, 0.3) is 0 Å². The Morgan fingerprint density at radius 1 is 0.722 bits per heavy atom. The van der Waals surface area contributed by atoms with Crippen LogP contribution in [0.5, 0.6) is 0 Å². The van der Waals surface area contributed by atoms with Gasteiger partial charge in [-0.3, -0.25) is 9.69 Å². The van der Waals surface area contributed by atoms with Gasteiger partial charge < -0.3 is 10.2 Å². The number of halogens is 1. The fourth-order valence-corrected chi connectivity index (χ4v) is 4.79. The molecule has 1 saturated heterocycles. The number of nitrogens with zero attached hydrogens (tertiary/aromatic N) is 2. The first-order valence-electron chi connectivity index (χ1n) is 12.4. The van der Waals surface area contributed by atoms with E-state index in [4.69, 9.17) is 0 Å². The van der Waals surface area contributed by atoms with Crippen LogP contribution in [-0.4, -0.2) is 37.0 Å². The molecule has 0 spiro atoms. The molecule has 1 aliphatic rings. The fourth-order valence-electron chi connectivity index (χ4n) is 4.79. The van der Waals surface area contributed by atoms with Crippen LogP contribution in [0.4, 0.5) is 15.8 Å². The van der Waals surface area contributed by atoms with Crippen LogP contribution in [0, 0.1) is 5.82 Å². The van der Waals surface area contributed by atoms with Crippen LogP contribution in [0.2, 0.25) is 0 Å². The molecule has 182 valence electrons. The molecule has 1 N–H and O–H groups in total. The topological polar surface area (TPSA) is 35.6 Å². The Bertz CT molecular complexity index is 1230. The highest BCUT2D eigenvalue weighted by Crippen LogP contribution is 2.27. The predicted octanol–water partition coefficient (Wildman–Crippen LogP) is 5.92. The molecule has 0 aliphatic carbocycles. The second-order valence-corrected chi connectivity index (χ2v) is 9.15. The largest absolute Gasteiger partial charge is 0.369 e. The molecule has 1 amide bonds. The molecule has 0 saturated carbocycles. The summed E-state index contributed by atoms with van der Waals surface area (Å²) in [5.41, 5.74) is 4.58. The molecule has 1 heterocycles. The number of hydrogen-bond donors (Lipinski definition) is 1. The van der Waals surface area contributed by atoms with E-state index in [0.717, 1.165) is 54.2 Å². The third-order valence-corrected chi connectivity index (χ3v) is 6.75. The molecule has 4 aromatic carbocycles. The molecular formula is C31H30FN3O. The van der Waals surface area contributed by atoms with Crippen molar-refractivity contribution in [3.63, 3.8) is 0 Å². The zero-order valence-electron chi connectivity index (χ0n) is 20.2. The third-order valence-electron chi connectivity index (χ3n) is 6.75.